The van der Waals surface area contributed by atoms with Gasteiger partial charge in [0.15, 0.2) is 11.6 Å². The average molecular weight is 515 g/mol. The first-order valence-corrected chi connectivity index (χ1v) is 14.1. The Morgan fingerprint density at radius 2 is 1.73 bits per heavy atom. The molecule has 204 valence electrons. The van der Waals surface area contributed by atoms with Crippen molar-refractivity contribution in [3.05, 3.63) is 35.9 Å². The zero-order valence-electron chi connectivity index (χ0n) is 22.3. The van der Waals surface area contributed by atoms with Gasteiger partial charge in [-0.15, -0.1) is 0 Å². The van der Waals surface area contributed by atoms with Gasteiger partial charge in [-0.2, -0.15) is 0 Å². The van der Waals surface area contributed by atoms with Crippen molar-refractivity contribution >= 4 is 5.97 Å². The van der Waals surface area contributed by atoms with Crippen LogP contribution in [0, 0.1) is 40.4 Å². The van der Waals surface area contributed by atoms with Gasteiger partial charge >= 0.3 is 5.97 Å². The van der Waals surface area contributed by atoms with Crippen LogP contribution in [0.1, 0.15) is 76.1 Å². The monoisotopic (exact) mass is 514 g/mol. The van der Waals surface area contributed by atoms with Crippen LogP contribution in [0.3, 0.4) is 0 Å². The Morgan fingerprint density at radius 1 is 1.03 bits per heavy atom. The van der Waals surface area contributed by atoms with E-state index in [1.54, 1.807) is 12.1 Å². The summed E-state index contributed by atoms with van der Waals surface area (Å²) in [6.07, 6.45) is 4.21. The maximum Gasteiger partial charge on any atom is 0.338 e. The van der Waals surface area contributed by atoms with Crippen molar-refractivity contribution in [3.8, 4) is 0 Å². The van der Waals surface area contributed by atoms with E-state index in [2.05, 4.69) is 13.8 Å². The highest BCUT2D eigenvalue weighted by Gasteiger charge is 2.68. The van der Waals surface area contributed by atoms with Gasteiger partial charge in [-0.3, -0.25) is 0 Å². The molecule has 5 unspecified atom stereocenters. The third-order valence-corrected chi connectivity index (χ3v) is 11.3. The number of hydrogen-bond acceptors (Lipinski definition) is 7. The van der Waals surface area contributed by atoms with Crippen LogP contribution in [0.5, 0.6) is 0 Å². The summed E-state index contributed by atoms with van der Waals surface area (Å²) < 4.78 is 18.6. The zero-order valence-corrected chi connectivity index (χ0v) is 22.3. The van der Waals surface area contributed by atoms with E-state index in [0.717, 1.165) is 25.7 Å². The van der Waals surface area contributed by atoms with Gasteiger partial charge in [0.1, 0.15) is 6.10 Å². The first kappa shape index (κ1) is 25.8. The predicted octanol–water partition coefficient (Wildman–Crippen LogP) is 3.90. The van der Waals surface area contributed by atoms with E-state index in [-0.39, 0.29) is 47.1 Å². The molecule has 0 radical (unpaired) electrons. The zero-order chi connectivity index (χ0) is 26.2. The smallest absolute Gasteiger partial charge is 0.338 e. The number of aliphatic hydroxyl groups excluding tert-OH is 1. The minimum absolute atomic E-state index is 0.0426. The maximum absolute atomic E-state index is 13.3. The minimum atomic E-state index is -1.82. The molecule has 5 aliphatic rings. The first-order chi connectivity index (χ1) is 17.5. The van der Waals surface area contributed by atoms with Crippen molar-refractivity contribution < 1.29 is 34.3 Å². The first-order valence-electron chi connectivity index (χ1n) is 14.1. The average Bonchev–Trinajstić information content (AvgIpc) is 3.44. The predicted molar refractivity (Wildman–Crippen MR) is 135 cm³/mol. The van der Waals surface area contributed by atoms with E-state index in [1.165, 1.54) is 6.92 Å². The maximum atomic E-state index is 13.3. The summed E-state index contributed by atoms with van der Waals surface area (Å²) in [5.41, 5.74) is -0.0642. The molecular weight excluding hydrogens is 472 g/mol. The molecule has 37 heavy (non-hydrogen) atoms. The summed E-state index contributed by atoms with van der Waals surface area (Å²) in [6.45, 7) is 7.10. The number of carbonyl (C=O) groups is 1. The number of esters is 1. The van der Waals surface area contributed by atoms with Crippen molar-refractivity contribution in [1.29, 1.82) is 0 Å². The van der Waals surface area contributed by atoms with E-state index in [9.17, 15) is 20.1 Å². The lowest BCUT2D eigenvalue weighted by atomic mass is 9.42. The lowest BCUT2D eigenvalue weighted by Crippen LogP contribution is -2.65. The Labute approximate surface area is 219 Å². The number of carbonyl (C=O) groups excluding carboxylic acids is 1. The van der Waals surface area contributed by atoms with E-state index >= 15 is 0 Å². The largest absolute Gasteiger partial charge is 0.458 e. The Balaban J connectivity index is 1.38. The second-order valence-corrected chi connectivity index (χ2v) is 13.3. The topological polar surface area (TPSA) is 105 Å². The van der Waals surface area contributed by atoms with Crippen LogP contribution < -0.4 is 0 Å². The normalized spacial score (nSPS) is 44.6. The van der Waals surface area contributed by atoms with Gasteiger partial charge in [0.2, 0.25) is 0 Å². The summed E-state index contributed by atoms with van der Waals surface area (Å²) in [4.78, 5) is 13.3. The van der Waals surface area contributed by atoms with Crippen molar-refractivity contribution in [2.24, 2.45) is 40.4 Å². The summed E-state index contributed by atoms with van der Waals surface area (Å²) >= 11 is 0. The number of rotatable bonds is 3. The molecule has 1 aliphatic heterocycles. The molecule has 4 aliphatic carbocycles. The van der Waals surface area contributed by atoms with Gasteiger partial charge in [-0.05, 0) is 79.7 Å². The highest BCUT2D eigenvalue weighted by Crippen LogP contribution is 2.69. The van der Waals surface area contributed by atoms with Crippen LogP contribution in [0.15, 0.2) is 30.3 Å². The standard InChI is InChI=1S/C30H42O7/c1-27-11-12-30(35-13-14-36-30)16-19(27)15-22(37-26(32)18-7-5-4-6-8-18)24-20-9-10-23(29(3,33)34)28(20,2)17-21(31)25(24)27/h4-8,19-25,31,33-34H,9-17H2,1-3H3/t19?,20?,21-,22-,23?,24?,25?,27+,28+/m1/s1. The number of ether oxygens (including phenoxy) is 3. The van der Waals surface area contributed by atoms with Crippen molar-refractivity contribution in [3.63, 3.8) is 0 Å². The molecule has 0 amide bonds. The Hall–Kier alpha value is -1.51. The van der Waals surface area contributed by atoms with E-state index in [4.69, 9.17) is 14.2 Å². The van der Waals surface area contributed by atoms with Crippen LogP contribution in [0.2, 0.25) is 0 Å². The Morgan fingerprint density at radius 3 is 2.41 bits per heavy atom. The third kappa shape index (κ3) is 3.99. The summed E-state index contributed by atoms with van der Waals surface area (Å²) in [7, 11) is 0. The SMILES string of the molecule is CC(O)(O)C1CCC2C3C([C@H](O)C[C@@]21C)[C@@]1(C)CCC2(CC1C[C@H]3OC(=O)c1ccccc1)OCCO2. The molecule has 3 N–H and O–H groups in total. The highest BCUT2D eigenvalue weighted by molar-refractivity contribution is 5.89. The molecule has 7 heteroatoms. The van der Waals surface area contributed by atoms with Gasteiger partial charge in [0.05, 0.1) is 24.9 Å². The summed E-state index contributed by atoms with van der Waals surface area (Å²) in [5.74, 6) is -2.83. The molecule has 1 spiro atoms. The van der Waals surface area contributed by atoms with Gasteiger partial charge in [-0.25, -0.2) is 4.79 Å². The molecule has 1 heterocycles. The van der Waals surface area contributed by atoms with E-state index in [1.807, 2.05) is 18.2 Å². The number of hydrogen-bond donors (Lipinski definition) is 3. The van der Waals surface area contributed by atoms with Gasteiger partial charge in [0, 0.05) is 24.7 Å². The quantitative estimate of drug-likeness (QED) is 0.415. The molecule has 1 saturated heterocycles. The van der Waals surface area contributed by atoms with E-state index < -0.39 is 23.1 Å². The summed E-state index contributed by atoms with van der Waals surface area (Å²) in [5, 5.41) is 33.2. The van der Waals surface area contributed by atoms with Crippen molar-refractivity contribution in [2.75, 3.05) is 13.2 Å². The van der Waals surface area contributed by atoms with E-state index in [0.29, 0.717) is 38.0 Å². The Bertz CT molecular complexity index is 1010. The molecule has 0 aromatic heterocycles. The van der Waals surface area contributed by atoms with Crippen LogP contribution in [-0.4, -0.2) is 58.3 Å². The molecule has 7 nitrogen and oxygen atoms in total. The number of fused-ring (bicyclic) bond motifs is 5. The molecule has 0 bridgehead atoms. The highest BCUT2D eigenvalue weighted by atomic mass is 16.7. The van der Waals surface area contributed by atoms with Gasteiger partial charge < -0.3 is 29.5 Å². The van der Waals surface area contributed by atoms with Crippen molar-refractivity contribution in [1.82, 2.24) is 0 Å². The van der Waals surface area contributed by atoms with Crippen molar-refractivity contribution in [2.45, 2.75) is 89.5 Å². The van der Waals surface area contributed by atoms with Crippen LogP contribution in [0.25, 0.3) is 0 Å². The van der Waals surface area contributed by atoms with Crippen LogP contribution in [-0.2, 0) is 14.2 Å². The van der Waals surface area contributed by atoms with Gasteiger partial charge in [0.25, 0.3) is 0 Å². The number of aliphatic hydroxyl groups is 3. The fourth-order valence-corrected chi connectivity index (χ4v) is 9.81. The molecular formula is C30H42O7. The lowest BCUT2D eigenvalue weighted by Gasteiger charge is -2.64. The minimum Gasteiger partial charge on any atom is -0.458 e. The second kappa shape index (κ2) is 8.75. The second-order valence-electron chi connectivity index (χ2n) is 13.3. The molecule has 4 saturated carbocycles. The molecule has 9 atom stereocenters. The molecule has 5 fully saturated rings. The Kier molecular flexibility index (Phi) is 6.09. The molecule has 1 aromatic carbocycles. The van der Waals surface area contributed by atoms with Gasteiger partial charge in [-0.1, -0.05) is 32.0 Å². The fraction of sp³-hybridized carbons (Fsp3) is 0.767. The van der Waals surface area contributed by atoms with Crippen LogP contribution in [0.4, 0.5) is 0 Å². The molecule has 1 aromatic rings. The fourth-order valence-electron chi connectivity index (χ4n) is 9.81. The number of benzene rings is 1. The molecule has 6 rings (SSSR count). The van der Waals surface area contributed by atoms with Crippen LogP contribution >= 0.6 is 0 Å². The lowest BCUT2D eigenvalue weighted by molar-refractivity contribution is -0.269. The summed E-state index contributed by atoms with van der Waals surface area (Å²) in [6, 6.07) is 9.10. The third-order valence-electron chi connectivity index (χ3n) is 11.3.